The van der Waals surface area contributed by atoms with Crippen molar-refractivity contribution in [3.8, 4) is 11.6 Å². The van der Waals surface area contributed by atoms with Crippen LogP contribution in [0.4, 0.5) is 5.82 Å². The molecule has 0 spiro atoms. The molecule has 2 aliphatic rings. The van der Waals surface area contributed by atoms with E-state index in [-0.39, 0.29) is 0 Å². The molecule has 27 heavy (non-hydrogen) atoms. The molecule has 0 N–H and O–H groups in total. The second-order valence-electron chi connectivity index (χ2n) is 7.32. The van der Waals surface area contributed by atoms with Gasteiger partial charge in [-0.05, 0) is 36.6 Å². The van der Waals surface area contributed by atoms with Crippen LogP contribution in [0.5, 0.6) is 0 Å². The van der Waals surface area contributed by atoms with Gasteiger partial charge in [-0.1, -0.05) is 6.07 Å². The largest absolute Gasteiger partial charge is 0.461 e. The fraction of sp³-hybridized carbons (Fsp3) is 0.381. The van der Waals surface area contributed by atoms with Gasteiger partial charge in [0.15, 0.2) is 11.6 Å². The van der Waals surface area contributed by atoms with Crippen LogP contribution < -0.4 is 4.90 Å². The Morgan fingerprint density at radius 1 is 1.00 bits per heavy atom. The number of rotatable bonds is 4. The second-order valence-corrected chi connectivity index (χ2v) is 7.32. The van der Waals surface area contributed by atoms with Gasteiger partial charge in [-0.2, -0.15) is 0 Å². The molecule has 0 unspecified atom stereocenters. The predicted molar refractivity (Wildman–Crippen MR) is 103 cm³/mol. The van der Waals surface area contributed by atoms with Crippen molar-refractivity contribution in [3.63, 3.8) is 0 Å². The Balaban J connectivity index is 1.25. The molecule has 3 aromatic heterocycles. The van der Waals surface area contributed by atoms with Crippen molar-refractivity contribution in [3.05, 3.63) is 59.7 Å². The van der Waals surface area contributed by atoms with Gasteiger partial charge in [0.05, 0.1) is 12.0 Å². The van der Waals surface area contributed by atoms with Crippen LogP contribution in [-0.4, -0.2) is 39.5 Å². The maximum Gasteiger partial charge on any atom is 0.195 e. The van der Waals surface area contributed by atoms with Crippen LogP contribution in [0.1, 0.15) is 29.7 Å². The molecular weight excluding hydrogens is 338 g/mol. The SMILES string of the molecule is c1coc(-c2ncc3c(n2)CCN(Cc2ccc(N4CCCC4)nc2)C3)c1. The molecule has 0 radical (unpaired) electrons. The number of nitrogens with zero attached hydrogens (tertiary/aromatic N) is 5. The fourth-order valence-corrected chi connectivity index (χ4v) is 3.94. The quantitative estimate of drug-likeness (QED) is 0.711. The lowest BCUT2D eigenvalue weighted by Gasteiger charge is -2.28. The zero-order valence-electron chi connectivity index (χ0n) is 15.3. The minimum atomic E-state index is 0.675. The smallest absolute Gasteiger partial charge is 0.195 e. The molecular formula is C21H23N5O. The summed E-state index contributed by atoms with van der Waals surface area (Å²) in [6.45, 7) is 5.05. The summed E-state index contributed by atoms with van der Waals surface area (Å²) in [6.07, 6.45) is 9.12. The maximum atomic E-state index is 5.41. The van der Waals surface area contributed by atoms with Gasteiger partial charge >= 0.3 is 0 Å². The van der Waals surface area contributed by atoms with E-state index in [1.54, 1.807) is 6.26 Å². The molecule has 1 saturated heterocycles. The van der Waals surface area contributed by atoms with E-state index in [1.807, 2.05) is 24.5 Å². The molecule has 0 saturated carbocycles. The van der Waals surface area contributed by atoms with E-state index in [9.17, 15) is 0 Å². The van der Waals surface area contributed by atoms with Crippen LogP contribution in [0.25, 0.3) is 11.6 Å². The second kappa shape index (κ2) is 7.12. The van der Waals surface area contributed by atoms with E-state index in [4.69, 9.17) is 9.40 Å². The highest BCUT2D eigenvalue weighted by Crippen LogP contribution is 2.23. The van der Waals surface area contributed by atoms with Crippen LogP contribution in [0.3, 0.4) is 0 Å². The van der Waals surface area contributed by atoms with Crippen molar-refractivity contribution < 1.29 is 4.42 Å². The van der Waals surface area contributed by atoms with Crippen LogP contribution in [-0.2, 0) is 19.5 Å². The third-order valence-corrected chi connectivity index (χ3v) is 5.40. The van der Waals surface area contributed by atoms with Crippen LogP contribution in [0.15, 0.2) is 47.3 Å². The van der Waals surface area contributed by atoms with Gasteiger partial charge < -0.3 is 9.32 Å². The summed E-state index contributed by atoms with van der Waals surface area (Å²) in [5, 5.41) is 0. The molecule has 0 amide bonds. The van der Waals surface area contributed by atoms with Crippen LogP contribution >= 0.6 is 0 Å². The Bertz CT molecular complexity index is 901. The number of hydrogen-bond donors (Lipinski definition) is 0. The highest BCUT2D eigenvalue weighted by Gasteiger charge is 2.20. The van der Waals surface area contributed by atoms with E-state index in [1.165, 1.54) is 24.0 Å². The van der Waals surface area contributed by atoms with Gasteiger partial charge in [-0.3, -0.25) is 4.90 Å². The first-order valence-corrected chi connectivity index (χ1v) is 9.66. The van der Waals surface area contributed by atoms with E-state index in [0.717, 1.165) is 56.4 Å². The van der Waals surface area contributed by atoms with E-state index >= 15 is 0 Å². The first-order chi connectivity index (χ1) is 13.3. The molecule has 6 heteroatoms. The number of fused-ring (bicyclic) bond motifs is 1. The normalized spacial score (nSPS) is 17.3. The summed E-state index contributed by atoms with van der Waals surface area (Å²) < 4.78 is 5.41. The number of hydrogen-bond acceptors (Lipinski definition) is 6. The van der Waals surface area contributed by atoms with Crippen LogP contribution in [0.2, 0.25) is 0 Å². The molecule has 0 atom stereocenters. The maximum absolute atomic E-state index is 5.41. The highest BCUT2D eigenvalue weighted by molar-refractivity contribution is 5.47. The van der Waals surface area contributed by atoms with Gasteiger partial charge in [-0.15, -0.1) is 0 Å². The van der Waals surface area contributed by atoms with Crippen molar-refractivity contribution in [2.45, 2.75) is 32.4 Å². The summed E-state index contributed by atoms with van der Waals surface area (Å²) in [5.74, 6) is 2.51. The molecule has 1 fully saturated rings. The summed E-state index contributed by atoms with van der Waals surface area (Å²) in [7, 11) is 0. The summed E-state index contributed by atoms with van der Waals surface area (Å²) >= 11 is 0. The number of furan rings is 1. The summed E-state index contributed by atoms with van der Waals surface area (Å²) in [6, 6.07) is 8.14. The van der Waals surface area contributed by atoms with Crippen molar-refractivity contribution in [1.29, 1.82) is 0 Å². The lowest BCUT2D eigenvalue weighted by molar-refractivity contribution is 0.242. The molecule has 0 aliphatic carbocycles. The van der Waals surface area contributed by atoms with Crippen LogP contribution in [0, 0.1) is 0 Å². The van der Waals surface area contributed by atoms with Gasteiger partial charge in [0.1, 0.15) is 5.82 Å². The molecule has 3 aromatic rings. The molecule has 6 nitrogen and oxygen atoms in total. The number of anilines is 1. The van der Waals surface area contributed by atoms with E-state index < -0.39 is 0 Å². The monoisotopic (exact) mass is 361 g/mol. The standard InChI is InChI=1S/C21H23N5O/c1-2-9-26(8-1)20-6-5-16(12-22-20)14-25-10-7-18-17(15-25)13-23-21(24-18)19-4-3-11-27-19/h3-6,11-13H,1-2,7-10,14-15H2. The van der Waals surface area contributed by atoms with Crippen molar-refractivity contribution in [1.82, 2.24) is 19.9 Å². The van der Waals surface area contributed by atoms with E-state index in [2.05, 4.69) is 31.9 Å². The van der Waals surface area contributed by atoms with Crippen molar-refractivity contribution in [2.75, 3.05) is 24.5 Å². The van der Waals surface area contributed by atoms with Gasteiger partial charge in [0, 0.05) is 57.1 Å². The lowest BCUT2D eigenvalue weighted by atomic mass is 10.1. The van der Waals surface area contributed by atoms with Crippen molar-refractivity contribution in [2.24, 2.45) is 0 Å². The third kappa shape index (κ3) is 3.45. The van der Waals surface area contributed by atoms with Crippen molar-refractivity contribution >= 4 is 5.82 Å². The van der Waals surface area contributed by atoms with E-state index in [0.29, 0.717) is 5.82 Å². The average Bonchev–Trinajstić information content (AvgIpc) is 3.42. The molecule has 5 heterocycles. The zero-order valence-corrected chi connectivity index (χ0v) is 15.3. The Morgan fingerprint density at radius 3 is 2.70 bits per heavy atom. The van der Waals surface area contributed by atoms with Gasteiger partial charge in [0.25, 0.3) is 0 Å². The lowest BCUT2D eigenvalue weighted by Crippen LogP contribution is -2.31. The summed E-state index contributed by atoms with van der Waals surface area (Å²) in [5.41, 5.74) is 3.60. The summed E-state index contributed by atoms with van der Waals surface area (Å²) in [4.78, 5) is 18.7. The third-order valence-electron chi connectivity index (χ3n) is 5.40. The Labute approximate surface area is 158 Å². The number of pyridine rings is 1. The van der Waals surface area contributed by atoms with Gasteiger partial charge in [-0.25, -0.2) is 15.0 Å². The minimum Gasteiger partial charge on any atom is -0.461 e. The zero-order chi connectivity index (χ0) is 18.1. The van der Waals surface area contributed by atoms with Gasteiger partial charge in [0.2, 0.25) is 0 Å². The highest BCUT2D eigenvalue weighted by atomic mass is 16.3. The first kappa shape index (κ1) is 16.4. The average molecular weight is 361 g/mol. The molecule has 0 aromatic carbocycles. The molecule has 2 aliphatic heterocycles. The Hall–Kier alpha value is -2.73. The Kier molecular flexibility index (Phi) is 4.33. The molecule has 5 rings (SSSR count). The molecule has 0 bridgehead atoms. The first-order valence-electron chi connectivity index (χ1n) is 9.66. The minimum absolute atomic E-state index is 0.675. The fourth-order valence-electron chi connectivity index (χ4n) is 3.94. The molecule has 138 valence electrons. The predicted octanol–water partition coefficient (Wildman–Crippen LogP) is 3.29. The Morgan fingerprint density at radius 2 is 1.93 bits per heavy atom. The topological polar surface area (TPSA) is 58.3 Å². The number of aromatic nitrogens is 3.